The van der Waals surface area contributed by atoms with Crippen LogP contribution in [-0.4, -0.2) is 29.0 Å². The van der Waals surface area contributed by atoms with Crippen LogP contribution in [0.15, 0.2) is 12.3 Å². The Hall–Kier alpha value is -0.540. The summed E-state index contributed by atoms with van der Waals surface area (Å²) in [5.41, 5.74) is 0. The highest BCUT2D eigenvalue weighted by atomic mass is 16.5. The van der Waals surface area contributed by atoms with Crippen LogP contribution < -0.4 is 0 Å². The van der Waals surface area contributed by atoms with Gasteiger partial charge in [-0.25, -0.2) is 0 Å². The molecule has 0 aromatic rings. The lowest BCUT2D eigenvalue weighted by Crippen LogP contribution is -2.30. The first-order chi connectivity index (χ1) is 3.80. The van der Waals surface area contributed by atoms with Crippen molar-refractivity contribution in [2.24, 2.45) is 0 Å². The zero-order chi connectivity index (χ0) is 5.98. The first-order valence-electron chi connectivity index (χ1n) is 2.45. The summed E-state index contributed by atoms with van der Waals surface area (Å²) in [4.78, 5) is 0. The van der Waals surface area contributed by atoms with E-state index in [0.29, 0.717) is 0 Å². The van der Waals surface area contributed by atoms with E-state index in [1.807, 2.05) is 0 Å². The highest BCUT2D eigenvalue weighted by molar-refractivity contribution is 4.91. The average molecular weight is 116 g/mol. The Labute approximate surface area is 47.2 Å². The quantitative estimate of drug-likeness (QED) is 0.438. The number of hydrogen-bond acceptors (Lipinski definition) is 3. The highest BCUT2D eigenvalue weighted by Gasteiger charge is 2.15. The number of aliphatic hydroxyl groups is 2. The monoisotopic (exact) mass is 116 g/mol. The summed E-state index contributed by atoms with van der Waals surface area (Å²) in [5, 5.41) is 17.5. The van der Waals surface area contributed by atoms with Crippen LogP contribution >= 0.6 is 0 Å². The molecule has 0 aromatic carbocycles. The fraction of sp³-hybridized carbons (Fsp3) is 0.600. The molecule has 2 atom stereocenters. The SMILES string of the molecule is O[C@@H]1C=COC[C@H]1O. The van der Waals surface area contributed by atoms with Crippen molar-refractivity contribution in [1.82, 2.24) is 0 Å². The first kappa shape index (κ1) is 5.59. The summed E-state index contributed by atoms with van der Waals surface area (Å²) < 4.78 is 4.66. The summed E-state index contributed by atoms with van der Waals surface area (Å²) in [6, 6.07) is 0. The molecule has 0 amide bonds. The van der Waals surface area contributed by atoms with E-state index in [4.69, 9.17) is 10.2 Å². The van der Waals surface area contributed by atoms with Crippen LogP contribution in [0, 0.1) is 0 Å². The zero-order valence-electron chi connectivity index (χ0n) is 4.32. The smallest absolute Gasteiger partial charge is 0.117 e. The van der Waals surface area contributed by atoms with E-state index in [1.165, 1.54) is 12.3 Å². The first-order valence-corrected chi connectivity index (χ1v) is 2.45. The maximum absolute atomic E-state index is 8.76. The minimum Gasteiger partial charge on any atom is -0.499 e. The largest absolute Gasteiger partial charge is 0.499 e. The van der Waals surface area contributed by atoms with Gasteiger partial charge in [-0.2, -0.15) is 0 Å². The number of ether oxygens (including phenoxy) is 1. The normalized spacial score (nSPS) is 36.8. The number of aliphatic hydroxyl groups excluding tert-OH is 2. The van der Waals surface area contributed by atoms with Crippen molar-refractivity contribution >= 4 is 0 Å². The Balaban J connectivity index is 2.47. The van der Waals surface area contributed by atoms with E-state index < -0.39 is 12.2 Å². The molecule has 2 N–H and O–H groups in total. The van der Waals surface area contributed by atoms with Crippen LogP contribution in [0.2, 0.25) is 0 Å². The molecular weight excluding hydrogens is 108 g/mol. The average Bonchev–Trinajstić information content (AvgIpc) is 1.77. The zero-order valence-corrected chi connectivity index (χ0v) is 4.32. The van der Waals surface area contributed by atoms with E-state index in [0.717, 1.165) is 0 Å². The van der Waals surface area contributed by atoms with Crippen LogP contribution in [0.5, 0.6) is 0 Å². The molecule has 1 aliphatic rings. The van der Waals surface area contributed by atoms with Gasteiger partial charge in [0.25, 0.3) is 0 Å². The maximum atomic E-state index is 8.76. The van der Waals surface area contributed by atoms with Gasteiger partial charge in [0.15, 0.2) is 0 Å². The Morgan fingerprint density at radius 1 is 1.50 bits per heavy atom. The van der Waals surface area contributed by atoms with Crippen LogP contribution in [0.25, 0.3) is 0 Å². The van der Waals surface area contributed by atoms with Crippen molar-refractivity contribution in [1.29, 1.82) is 0 Å². The minimum absolute atomic E-state index is 0.192. The molecule has 0 aromatic heterocycles. The molecule has 0 saturated carbocycles. The summed E-state index contributed by atoms with van der Waals surface area (Å²) in [6.45, 7) is 0.192. The van der Waals surface area contributed by atoms with Gasteiger partial charge in [-0.1, -0.05) is 0 Å². The third-order valence-corrected chi connectivity index (χ3v) is 1.03. The van der Waals surface area contributed by atoms with Gasteiger partial charge in [-0.3, -0.25) is 0 Å². The van der Waals surface area contributed by atoms with Gasteiger partial charge >= 0.3 is 0 Å². The lowest BCUT2D eigenvalue weighted by Gasteiger charge is -2.17. The molecule has 0 spiro atoms. The molecule has 1 aliphatic heterocycles. The fourth-order valence-corrected chi connectivity index (χ4v) is 0.517. The van der Waals surface area contributed by atoms with Gasteiger partial charge in [0.1, 0.15) is 18.8 Å². The van der Waals surface area contributed by atoms with Gasteiger partial charge in [-0.15, -0.1) is 0 Å². The number of hydrogen-bond donors (Lipinski definition) is 2. The van der Waals surface area contributed by atoms with Crippen molar-refractivity contribution in [3.63, 3.8) is 0 Å². The molecule has 0 radical (unpaired) electrons. The van der Waals surface area contributed by atoms with Crippen LogP contribution in [0.1, 0.15) is 0 Å². The molecule has 1 rings (SSSR count). The van der Waals surface area contributed by atoms with E-state index in [1.54, 1.807) is 0 Å². The van der Waals surface area contributed by atoms with Crippen LogP contribution in [0.4, 0.5) is 0 Å². The number of rotatable bonds is 0. The molecule has 3 nitrogen and oxygen atoms in total. The third-order valence-electron chi connectivity index (χ3n) is 1.03. The van der Waals surface area contributed by atoms with E-state index in [-0.39, 0.29) is 6.61 Å². The van der Waals surface area contributed by atoms with Crippen molar-refractivity contribution in [3.05, 3.63) is 12.3 Å². The molecule has 3 heteroatoms. The Morgan fingerprint density at radius 2 is 2.25 bits per heavy atom. The predicted octanol–water partition coefficient (Wildman–Crippen LogP) is -0.748. The second-order valence-electron chi connectivity index (χ2n) is 1.72. The predicted molar refractivity (Wildman–Crippen MR) is 27.1 cm³/mol. The van der Waals surface area contributed by atoms with Crippen molar-refractivity contribution in [2.75, 3.05) is 6.61 Å². The Kier molecular flexibility index (Phi) is 1.50. The molecule has 0 saturated heterocycles. The summed E-state index contributed by atoms with van der Waals surface area (Å²) in [5.74, 6) is 0. The van der Waals surface area contributed by atoms with E-state index >= 15 is 0 Å². The standard InChI is InChI=1S/C5H8O3/c6-4-1-2-8-3-5(4)7/h1-2,4-7H,3H2/t4-,5-/m1/s1. The lowest BCUT2D eigenvalue weighted by atomic mass is 10.2. The third kappa shape index (κ3) is 0.993. The van der Waals surface area contributed by atoms with Gasteiger partial charge in [-0.05, 0) is 6.08 Å². The van der Waals surface area contributed by atoms with Gasteiger partial charge in [0.2, 0.25) is 0 Å². The lowest BCUT2D eigenvalue weighted by molar-refractivity contribution is -0.0108. The van der Waals surface area contributed by atoms with E-state index in [2.05, 4.69) is 4.74 Å². The molecule has 0 fully saturated rings. The van der Waals surface area contributed by atoms with Crippen molar-refractivity contribution in [2.45, 2.75) is 12.2 Å². The molecule has 0 bridgehead atoms. The molecule has 0 aliphatic carbocycles. The molecule has 46 valence electrons. The van der Waals surface area contributed by atoms with Gasteiger partial charge < -0.3 is 14.9 Å². The summed E-state index contributed by atoms with van der Waals surface area (Å²) in [6.07, 6.45) is 1.30. The summed E-state index contributed by atoms with van der Waals surface area (Å²) >= 11 is 0. The van der Waals surface area contributed by atoms with Crippen LogP contribution in [-0.2, 0) is 4.74 Å². The molecule has 8 heavy (non-hydrogen) atoms. The Morgan fingerprint density at radius 3 is 2.62 bits per heavy atom. The van der Waals surface area contributed by atoms with Gasteiger partial charge in [0, 0.05) is 0 Å². The van der Waals surface area contributed by atoms with E-state index in [9.17, 15) is 0 Å². The second-order valence-corrected chi connectivity index (χ2v) is 1.72. The summed E-state index contributed by atoms with van der Waals surface area (Å²) in [7, 11) is 0. The Bertz CT molecular complexity index is 99.8. The topological polar surface area (TPSA) is 49.7 Å². The second kappa shape index (κ2) is 2.15. The molecule has 1 heterocycles. The van der Waals surface area contributed by atoms with Crippen molar-refractivity contribution in [3.8, 4) is 0 Å². The van der Waals surface area contributed by atoms with Crippen LogP contribution in [0.3, 0.4) is 0 Å². The fourth-order valence-electron chi connectivity index (χ4n) is 0.517. The molecule has 0 unspecified atom stereocenters. The van der Waals surface area contributed by atoms with Gasteiger partial charge in [0.05, 0.1) is 6.26 Å². The highest BCUT2D eigenvalue weighted by Crippen LogP contribution is 2.02. The van der Waals surface area contributed by atoms with Crippen molar-refractivity contribution < 1.29 is 14.9 Å². The minimum atomic E-state index is -0.750. The molecular formula is C5H8O3. The maximum Gasteiger partial charge on any atom is 0.117 e.